The number of rotatable bonds is 5. The maximum atomic E-state index is 4.68. The summed E-state index contributed by atoms with van der Waals surface area (Å²) in [5.74, 6) is 5.26. The zero-order chi connectivity index (χ0) is 13.9. The van der Waals surface area contributed by atoms with Gasteiger partial charge in [0.25, 0.3) is 0 Å². The van der Waals surface area contributed by atoms with E-state index in [1.54, 1.807) is 0 Å². The Labute approximate surface area is 121 Å². The van der Waals surface area contributed by atoms with Crippen LogP contribution in [0, 0.1) is 11.8 Å². The molecule has 2 saturated carbocycles. The minimum absolute atomic E-state index is 0.597. The normalized spacial score (nSPS) is 26.3. The van der Waals surface area contributed by atoms with E-state index in [2.05, 4.69) is 27.5 Å². The molecule has 0 radical (unpaired) electrons. The molecule has 110 valence electrons. The van der Waals surface area contributed by atoms with Gasteiger partial charge in [0, 0.05) is 25.6 Å². The summed E-state index contributed by atoms with van der Waals surface area (Å²) in [5.41, 5.74) is 0. The second-order valence-electron chi connectivity index (χ2n) is 6.53. The smallest absolute Gasteiger partial charge is 0.136 e. The zero-order valence-corrected chi connectivity index (χ0v) is 12.7. The van der Waals surface area contributed by atoms with Crippen LogP contribution in [0.15, 0.2) is 6.07 Å². The van der Waals surface area contributed by atoms with Gasteiger partial charge in [0.15, 0.2) is 0 Å². The molecular weight excluding hydrogens is 248 g/mol. The molecule has 2 fully saturated rings. The summed E-state index contributed by atoms with van der Waals surface area (Å²) >= 11 is 0. The van der Waals surface area contributed by atoms with Crippen LogP contribution < -0.4 is 10.6 Å². The fraction of sp³-hybridized carbons (Fsp3) is 0.750. The molecule has 0 unspecified atom stereocenters. The van der Waals surface area contributed by atoms with Gasteiger partial charge in [-0.25, -0.2) is 9.97 Å². The molecular formula is C16H26N4. The molecule has 1 aromatic heterocycles. The monoisotopic (exact) mass is 274 g/mol. The number of nitrogens with one attached hydrogen (secondary N) is 2. The summed E-state index contributed by atoms with van der Waals surface area (Å²) in [4.78, 5) is 9.24. The van der Waals surface area contributed by atoms with E-state index in [4.69, 9.17) is 0 Å². The Morgan fingerprint density at radius 1 is 1.05 bits per heavy atom. The zero-order valence-electron chi connectivity index (χ0n) is 12.7. The molecule has 2 N–H and O–H groups in total. The molecule has 0 saturated heterocycles. The average Bonchev–Trinajstić information content (AvgIpc) is 3.31. The Kier molecular flexibility index (Phi) is 4.08. The third-order valence-electron chi connectivity index (χ3n) is 4.65. The molecule has 20 heavy (non-hydrogen) atoms. The minimum atomic E-state index is 0.597. The molecule has 3 rings (SSSR count). The molecule has 0 atom stereocenters. The maximum Gasteiger partial charge on any atom is 0.136 e. The first-order valence-corrected chi connectivity index (χ1v) is 8.05. The fourth-order valence-corrected chi connectivity index (χ4v) is 2.99. The lowest BCUT2D eigenvalue weighted by Gasteiger charge is -2.26. The van der Waals surface area contributed by atoms with E-state index >= 15 is 0 Å². The van der Waals surface area contributed by atoms with Gasteiger partial charge in [-0.3, -0.25) is 0 Å². The van der Waals surface area contributed by atoms with Gasteiger partial charge in [0.1, 0.15) is 17.5 Å². The summed E-state index contributed by atoms with van der Waals surface area (Å²) in [6.45, 7) is 3.42. The lowest BCUT2D eigenvalue weighted by molar-refractivity contribution is 0.300. The van der Waals surface area contributed by atoms with Crippen LogP contribution >= 0.6 is 0 Å². The summed E-state index contributed by atoms with van der Waals surface area (Å²) < 4.78 is 0. The molecule has 2 aliphatic rings. The number of aromatic nitrogens is 2. The van der Waals surface area contributed by atoms with Crippen LogP contribution in [0.25, 0.3) is 0 Å². The van der Waals surface area contributed by atoms with E-state index in [0.717, 1.165) is 35.8 Å². The standard InChI is InChI=1S/C16H26N4/c1-11-3-5-12(6-4-11)10-18-15-9-14(17-2)19-16(20-15)13-7-8-13/h9,11-13H,3-8,10H2,1-2H3,(H2,17,18,19,20). The van der Waals surface area contributed by atoms with Crippen molar-refractivity contribution in [2.24, 2.45) is 11.8 Å². The highest BCUT2D eigenvalue weighted by molar-refractivity contribution is 5.47. The fourth-order valence-electron chi connectivity index (χ4n) is 2.99. The van der Waals surface area contributed by atoms with Gasteiger partial charge in [0.2, 0.25) is 0 Å². The highest BCUT2D eigenvalue weighted by Crippen LogP contribution is 2.38. The van der Waals surface area contributed by atoms with Gasteiger partial charge in [-0.1, -0.05) is 19.8 Å². The molecule has 2 aliphatic carbocycles. The van der Waals surface area contributed by atoms with E-state index in [-0.39, 0.29) is 0 Å². The molecule has 0 spiro atoms. The minimum Gasteiger partial charge on any atom is -0.373 e. The second kappa shape index (κ2) is 5.98. The van der Waals surface area contributed by atoms with Gasteiger partial charge in [-0.15, -0.1) is 0 Å². The van der Waals surface area contributed by atoms with E-state index in [9.17, 15) is 0 Å². The second-order valence-corrected chi connectivity index (χ2v) is 6.53. The Hall–Kier alpha value is -1.32. The lowest BCUT2D eigenvalue weighted by atomic mass is 9.83. The van der Waals surface area contributed by atoms with E-state index < -0.39 is 0 Å². The maximum absolute atomic E-state index is 4.68. The van der Waals surface area contributed by atoms with Crippen molar-refractivity contribution in [1.82, 2.24) is 9.97 Å². The first-order valence-electron chi connectivity index (χ1n) is 8.05. The van der Waals surface area contributed by atoms with Crippen LogP contribution in [-0.4, -0.2) is 23.6 Å². The van der Waals surface area contributed by atoms with Crippen LogP contribution in [0.4, 0.5) is 11.6 Å². The quantitative estimate of drug-likeness (QED) is 0.860. The van der Waals surface area contributed by atoms with Crippen LogP contribution in [0.2, 0.25) is 0 Å². The topological polar surface area (TPSA) is 49.8 Å². The van der Waals surface area contributed by atoms with Gasteiger partial charge in [0.05, 0.1) is 0 Å². The molecule has 0 amide bonds. The van der Waals surface area contributed by atoms with Gasteiger partial charge in [-0.05, 0) is 37.5 Å². The first-order chi connectivity index (χ1) is 9.74. The summed E-state index contributed by atoms with van der Waals surface area (Å²) in [6.07, 6.45) is 7.96. The third-order valence-corrected chi connectivity index (χ3v) is 4.65. The van der Waals surface area contributed by atoms with E-state index in [1.807, 2.05) is 13.1 Å². The van der Waals surface area contributed by atoms with Crippen molar-refractivity contribution in [3.8, 4) is 0 Å². The number of hydrogen-bond donors (Lipinski definition) is 2. The Morgan fingerprint density at radius 2 is 1.75 bits per heavy atom. The van der Waals surface area contributed by atoms with Crippen molar-refractivity contribution >= 4 is 11.6 Å². The van der Waals surface area contributed by atoms with Crippen molar-refractivity contribution in [2.45, 2.75) is 51.4 Å². The van der Waals surface area contributed by atoms with Crippen molar-refractivity contribution in [1.29, 1.82) is 0 Å². The van der Waals surface area contributed by atoms with Gasteiger partial charge < -0.3 is 10.6 Å². The van der Waals surface area contributed by atoms with Crippen LogP contribution in [0.1, 0.15) is 57.2 Å². The average molecular weight is 274 g/mol. The van der Waals surface area contributed by atoms with Crippen molar-refractivity contribution in [3.63, 3.8) is 0 Å². The Balaban J connectivity index is 1.60. The molecule has 0 bridgehead atoms. The van der Waals surface area contributed by atoms with Crippen molar-refractivity contribution in [2.75, 3.05) is 24.2 Å². The number of hydrogen-bond acceptors (Lipinski definition) is 4. The van der Waals surface area contributed by atoms with Crippen LogP contribution in [0.3, 0.4) is 0 Å². The van der Waals surface area contributed by atoms with Crippen LogP contribution in [0.5, 0.6) is 0 Å². The number of anilines is 2. The van der Waals surface area contributed by atoms with Crippen LogP contribution in [-0.2, 0) is 0 Å². The summed E-state index contributed by atoms with van der Waals surface area (Å²) in [5, 5.41) is 6.68. The first kappa shape index (κ1) is 13.7. The Morgan fingerprint density at radius 3 is 2.40 bits per heavy atom. The largest absolute Gasteiger partial charge is 0.373 e. The summed E-state index contributed by atoms with van der Waals surface area (Å²) in [6, 6.07) is 2.03. The lowest BCUT2D eigenvalue weighted by Crippen LogP contribution is -2.20. The van der Waals surface area contributed by atoms with Gasteiger partial charge in [-0.2, -0.15) is 0 Å². The molecule has 4 nitrogen and oxygen atoms in total. The van der Waals surface area contributed by atoms with E-state index in [0.29, 0.717) is 5.92 Å². The highest BCUT2D eigenvalue weighted by atomic mass is 15.1. The highest BCUT2D eigenvalue weighted by Gasteiger charge is 2.27. The summed E-state index contributed by atoms with van der Waals surface area (Å²) in [7, 11) is 1.92. The molecule has 0 aromatic carbocycles. The molecule has 0 aliphatic heterocycles. The Bertz CT molecular complexity index is 448. The predicted molar refractivity (Wildman–Crippen MR) is 83.2 cm³/mol. The molecule has 1 aromatic rings. The van der Waals surface area contributed by atoms with E-state index in [1.165, 1.54) is 38.5 Å². The third kappa shape index (κ3) is 3.41. The molecule has 4 heteroatoms. The SMILES string of the molecule is CNc1cc(NCC2CCC(C)CC2)nc(C2CC2)n1. The predicted octanol–water partition coefficient (Wildman–Crippen LogP) is 3.63. The van der Waals surface area contributed by atoms with Crippen molar-refractivity contribution in [3.05, 3.63) is 11.9 Å². The molecule has 1 heterocycles. The van der Waals surface area contributed by atoms with Crippen molar-refractivity contribution < 1.29 is 0 Å². The number of nitrogens with zero attached hydrogens (tertiary/aromatic N) is 2. The van der Waals surface area contributed by atoms with Gasteiger partial charge >= 0.3 is 0 Å².